The monoisotopic (exact) mass is 368 g/mol. The second-order valence-corrected chi connectivity index (χ2v) is 6.30. The van der Waals surface area contributed by atoms with Crippen molar-refractivity contribution in [3.05, 3.63) is 113 Å². The minimum Gasteiger partial charge on any atom is -0.423 e. The van der Waals surface area contributed by atoms with E-state index in [1.807, 2.05) is 61.5 Å². The average molecular weight is 368 g/mol. The molecule has 3 rings (SSSR count). The van der Waals surface area contributed by atoms with Crippen molar-refractivity contribution in [3.63, 3.8) is 0 Å². The number of aryl methyl sites for hydroxylation is 1. The van der Waals surface area contributed by atoms with Crippen LogP contribution < -0.4 is 4.74 Å². The number of ether oxygens (including phenoxy) is 1. The molecular formula is C25H20O3. The van der Waals surface area contributed by atoms with Gasteiger partial charge < -0.3 is 4.74 Å². The highest BCUT2D eigenvalue weighted by Crippen LogP contribution is 2.14. The molecule has 0 aromatic heterocycles. The SMILES string of the molecule is Cc1ccc(/C=C/C(=O)c2ccc(OC(=O)/C=C/c3ccccc3)cc2)cc1. The fraction of sp³-hybridized carbons (Fsp3) is 0.0400. The summed E-state index contributed by atoms with van der Waals surface area (Å²) < 4.78 is 5.26. The van der Waals surface area contributed by atoms with Gasteiger partial charge in [0.15, 0.2) is 5.78 Å². The van der Waals surface area contributed by atoms with Crippen molar-refractivity contribution < 1.29 is 14.3 Å². The largest absolute Gasteiger partial charge is 0.423 e. The first-order valence-corrected chi connectivity index (χ1v) is 8.94. The van der Waals surface area contributed by atoms with Crippen molar-refractivity contribution in [1.29, 1.82) is 0 Å². The van der Waals surface area contributed by atoms with E-state index in [2.05, 4.69) is 0 Å². The summed E-state index contributed by atoms with van der Waals surface area (Å²) >= 11 is 0. The first-order chi connectivity index (χ1) is 13.6. The van der Waals surface area contributed by atoms with E-state index in [9.17, 15) is 9.59 Å². The number of ketones is 1. The van der Waals surface area contributed by atoms with E-state index in [4.69, 9.17) is 4.74 Å². The third-order valence-corrected chi connectivity index (χ3v) is 4.07. The highest BCUT2D eigenvalue weighted by atomic mass is 16.5. The highest BCUT2D eigenvalue weighted by molar-refractivity contribution is 6.06. The Morgan fingerprint density at radius 1 is 0.714 bits per heavy atom. The van der Waals surface area contributed by atoms with Gasteiger partial charge in [0, 0.05) is 11.6 Å². The summed E-state index contributed by atoms with van der Waals surface area (Å²) in [7, 11) is 0. The lowest BCUT2D eigenvalue weighted by Gasteiger charge is -2.02. The number of allylic oxidation sites excluding steroid dienone is 1. The summed E-state index contributed by atoms with van der Waals surface area (Å²) in [4.78, 5) is 24.2. The van der Waals surface area contributed by atoms with E-state index >= 15 is 0 Å². The zero-order valence-corrected chi connectivity index (χ0v) is 15.5. The lowest BCUT2D eigenvalue weighted by molar-refractivity contribution is -0.128. The second kappa shape index (κ2) is 9.28. The van der Waals surface area contributed by atoms with E-state index < -0.39 is 5.97 Å². The molecule has 0 bridgehead atoms. The van der Waals surface area contributed by atoms with E-state index in [1.54, 1.807) is 36.4 Å². The molecule has 138 valence electrons. The smallest absolute Gasteiger partial charge is 0.336 e. The van der Waals surface area contributed by atoms with Crippen molar-refractivity contribution in [2.24, 2.45) is 0 Å². The Morgan fingerprint density at radius 2 is 1.32 bits per heavy atom. The van der Waals surface area contributed by atoms with Crippen LogP contribution in [0.25, 0.3) is 12.2 Å². The number of carbonyl (C=O) groups is 2. The minimum absolute atomic E-state index is 0.109. The molecule has 0 aliphatic carbocycles. The molecule has 0 aliphatic rings. The Balaban J connectivity index is 1.58. The first kappa shape index (κ1) is 19.1. The summed E-state index contributed by atoms with van der Waals surface area (Å²) in [6, 6.07) is 23.9. The molecule has 0 heterocycles. The van der Waals surface area contributed by atoms with Gasteiger partial charge in [-0.05, 0) is 54.5 Å². The van der Waals surface area contributed by atoms with Crippen LogP contribution in [0, 0.1) is 6.92 Å². The summed E-state index contributed by atoms with van der Waals surface area (Å²) in [5.74, 6) is -0.189. The summed E-state index contributed by atoms with van der Waals surface area (Å²) in [6.45, 7) is 2.02. The number of hydrogen-bond donors (Lipinski definition) is 0. The molecule has 0 saturated carbocycles. The number of esters is 1. The topological polar surface area (TPSA) is 43.4 Å². The zero-order valence-electron chi connectivity index (χ0n) is 15.5. The second-order valence-electron chi connectivity index (χ2n) is 6.30. The fourth-order valence-electron chi connectivity index (χ4n) is 2.51. The molecule has 3 nitrogen and oxygen atoms in total. The van der Waals surface area contributed by atoms with Crippen LogP contribution in [0.2, 0.25) is 0 Å². The van der Waals surface area contributed by atoms with Gasteiger partial charge in [-0.3, -0.25) is 4.79 Å². The molecule has 0 saturated heterocycles. The number of benzene rings is 3. The Hall–Kier alpha value is -3.72. The van der Waals surface area contributed by atoms with Crippen LogP contribution in [-0.2, 0) is 4.79 Å². The molecule has 0 aliphatic heterocycles. The molecule has 0 amide bonds. The van der Waals surface area contributed by atoms with Crippen LogP contribution in [0.1, 0.15) is 27.0 Å². The molecule has 3 heteroatoms. The van der Waals surface area contributed by atoms with Crippen molar-refractivity contribution in [2.75, 3.05) is 0 Å². The molecule has 0 radical (unpaired) electrons. The van der Waals surface area contributed by atoms with Crippen LogP contribution in [-0.4, -0.2) is 11.8 Å². The lowest BCUT2D eigenvalue weighted by Crippen LogP contribution is -2.04. The van der Waals surface area contributed by atoms with E-state index in [-0.39, 0.29) is 5.78 Å². The summed E-state index contributed by atoms with van der Waals surface area (Å²) in [6.07, 6.45) is 6.38. The Labute approximate surface area is 164 Å². The molecule has 0 N–H and O–H groups in total. The first-order valence-electron chi connectivity index (χ1n) is 8.94. The maximum atomic E-state index is 12.3. The zero-order chi connectivity index (χ0) is 19.8. The molecule has 28 heavy (non-hydrogen) atoms. The number of carbonyl (C=O) groups excluding carboxylic acids is 2. The Kier molecular flexibility index (Phi) is 6.32. The minimum atomic E-state index is -0.470. The van der Waals surface area contributed by atoms with Crippen molar-refractivity contribution in [1.82, 2.24) is 0 Å². The molecule has 0 atom stereocenters. The summed E-state index contributed by atoms with van der Waals surface area (Å²) in [5.41, 5.74) is 3.59. The van der Waals surface area contributed by atoms with Crippen LogP contribution >= 0.6 is 0 Å². The quantitative estimate of drug-likeness (QED) is 0.249. The Bertz CT molecular complexity index is 996. The van der Waals surface area contributed by atoms with Gasteiger partial charge in [0.1, 0.15) is 5.75 Å². The molecule has 3 aromatic carbocycles. The van der Waals surface area contributed by atoms with Crippen molar-refractivity contribution >= 4 is 23.9 Å². The predicted octanol–water partition coefficient (Wildman–Crippen LogP) is 5.51. The highest BCUT2D eigenvalue weighted by Gasteiger charge is 2.04. The van der Waals surface area contributed by atoms with E-state index in [0.717, 1.165) is 11.1 Å². The van der Waals surface area contributed by atoms with Gasteiger partial charge in [-0.1, -0.05) is 66.2 Å². The van der Waals surface area contributed by atoms with Gasteiger partial charge in [-0.25, -0.2) is 4.79 Å². The van der Waals surface area contributed by atoms with E-state index in [0.29, 0.717) is 11.3 Å². The molecule has 0 fully saturated rings. The van der Waals surface area contributed by atoms with Crippen LogP contribution in [0.4, 0.5) is 0 Å². The van der Waals surface area contributed by atoms with Crippen LogP contribution in [0.3, 0.4) is 0 Å². The molecule has 3 aromatic rings. The average Bonchev–Trinajstić information content (AvgIpc) is 2.73. The predicted molar refractivity (Wildman–Crippen MR) is 112 cm³/mol. The van der Waals surface area contributed by atoms with Crippen molar-refractivity contribution in [2.45, 2.75) is 6.92 Å². The van der Waals surface area contributed by atoms with Crippen molar-refractivity contribution in [3.8, 4) is 5.75 Å². The number of rotatable bonds is 6. The van der Waals surface area contributed by atoms with Gasteiger partial charge in [-0.2, -0.15) is 0 Å². The van der Waals surface area contributed by atoms with Gasteiger partial charge in [-0.15, -0.1) is 0 Å². The van der Waals surface area contributed by atoms with Crippen LogP contribution in [0.15, 0.2) is 91.0 Å². The standard InChI is InChI=1S/C25H20O3/c1-19-7-9-21(10-8-19)11-17-24(26)22-13-15-23(16-14-22)28-25(27)18-12-20-5-3-2-4-6-20/h2-18H,1H3/b17-11+,18-12+. The van der Waals surface area contributed by atoms with E-state index in [1.165, 1.54) is 17.7 Å². The third kappa shape index (κ3) is 5.64. The third-order valence-electron chi connectivity index (χ3n) is 4.07. The normalized spacial score (nSPS) is 11.0. The Morgan fingerprint density at radius 3 is 2.00 bits per heavy atom. The lowest BCUT2D eigenvalue weighted by atomic mass is 10.1. The number of hydrogen-bond acceptors (Lipinski definition) is 3. The molecule has 0 unspecified atom stereocenters. The van der Waals surface area contributed by atoms with Gasteiger partial charge in [0.25, 0.3) is 0 Å². The van der Waals surface area contributed by atoms with Gasteiger partial charge >= 0.3 is 5.97 Å². The van der Waals surface area contributed by atoms with Gasteiger partial charge in [0.05, 0.1) is 0 Å². The van der Waals surface area contributed by atoms with Gasteiger partial charge in [0.2, 0.25) is 0 Å². The molecule has 0 spiro atoms. The molecular weight excluding hydrogens is 348 g/mol. The van der Waals surface area contributed by atoms with Crippen LogP contribution in [0.5, 0.6) is 5.75 Å². The maximum absolute atomic E-state index is 12.3. The maximum Gasteiger partial charge on any atom is 0.336 e. The fourth-order valence-corrected chi connectivity index (χ4v) is 2.51. The summed E-state index contributed by atoms with van der Waals surface area (Å²) in [5, 5.41) is 0.